The second kappa shape index (κ2) is 11.3. The predicted molar refractivity (Wildman–Crippen MR) is 114 cm³/mol. The number of nitrogens with zero attached hydrogens (tertiary/aromatic N) is 1. The highest BCUT2D eigenvalue weighted by Gasteiger charge is 2.30. The number of ether oxygens (including phenoxy) is 2. The van der Waals surface area contributed by atoms with Crippen LogP contribution in [0.5, 0.6) is 11.6 Å². The van der Waals surface area contributed by atoms with Crippen LogP contribution in [0.4, 0.5) is 13.2 Å². The molecule has 1 radical (unpaired) electrons. The van der Waals surface area contributed by atoms with Crippen LogP contribution in [-0.4, -0.2) is 18.2 Å². The number of aromatic nitrogens is 1. The van der Waals surface area contributed by atoms with Crippen molar-refractivity contribution in [2.75, 3.05) is 13.2 Å². The van der Waals surface area contributed by atoms with Crippen LogP contribution in [0.15, 0.2) is 41.0 Å². The minimum atomic E-state index is -4.43. The molecule has 30 heavy (non-hydrogen) atoms. The lowest BCUT2D eigenvalue weighted by Gasteiger charge is -2.17. The molecule has 0 aliphatic heterocycles. The van der Waals surface area contributed by atoms with Crippen molar-refractivity contribution < 1.29 is 22.6 Å². The standard InChI is InChI=1S/C20H17Cl4F3NO2/c1-12(3-2-7-30-18-5-4-13(11-28-18)20(25,26)27)19-15(21)9-14(10-16(19)22)29-8-6-17(23)24/h4-6,9-12H,1-3,7-8H2. The molecule has 2 aromatic rings. The van der Waals surface area contributed by atoms with Crippen molar-refractivity contribution in [1.29, 1.82) is 0 Å². The molecule has 0 amide bonds. The van der Waals surface area contributed by atoms with Crippen LogP contribution < -0.4 is 9.47 Å². The summed E-state index contributed by atoms with van der Waals surface area (Å²) in [5, 5.41) is 0.813. The summed E-state index contributed by atoms with van der Waals surface area (Å²) in [6.45, 7) is 4.50. The van der Waals surface area contributed by atoms with Crippen LogP contribution in [-0.2, 0) is 6.18 Å². The van der Waals surface area contributed by atoms with E-state index >= 15 is 0 Å². The van der Waals surface area contributed by atoms with Crippen LogP contribution >= 0.6 is 46.4 Å². The van der Waals surface area contributed by atoms with Gasteiger partial charge in [-0.15, -0.1) is 0 Å². The molecule has 0 saturated carbocycles. The van der Waals surface area contributed by atoms with Gasteiger partial charge in [0.15, 0.2) is 0 Å². The van der Waals surface area contributed by atoms with E-state index in [4.69, 9.17) is 55.9 Å². The molecule has 2 rings (SSSR count). The van der Waals surface area contributed by atoms with Crippen LogP contribution in [0.3, 0.4) is 0 Å². The van der Waals surface area contributed by atoms with Gasteiger partial charge < -0.3 is 9.47 Å². The first-order chi connectivity index (χ1) is 14.1. The minimum absolute atomic E-state index is 0.0929. The molecule has 0 aliphatic rings. The maximum atomic E-state index is 12.5. The third-order valence-electron chi connectivity index (χ3n) is 3.96. The molecule has 1 atom stereocenters. The summed E-state index contributed by atoms with van der Waals surface area (Å²) in [7, 11) is 0. The zero-order valence-corrected chi connectivity index (χ0v) is 18.5. The Morgan fingerprint density at radius 3 is 2.33 bits per heavy atom. The average Bonchev–Trinajstić information content (AvgIpc) is 2.64. The first kappa shape index (κ1) is 24.9. The van der Waals surface area contributed by atoms with E-state index in [0.717, 1.165) is 12.3 Å². The second-order valence-corrected chi connectivity index (χ2v) is 8.00. The molecule has 0 aliphatic carbocycles. The van der Waals surface area contributed by atoms with Gasteiger partial charge >= 0.3 is 6.18 Å². The molecule has 0 spiro atoms. The van der Waals surface area contributed by atoms with E-state index in [1.54, 1.807) is 12.1 Å². The number of pyridine rings is 1. The van der Waals surface area contributed by atoms with E-state index in [1.807, 2.05) is 0 Å². The number of hydrogen-bond donors (Lipinski definition) is 0. The van der Waals surface area contributed by atoms with Gasteiger partial charge in [-0.3, -0.25) is 0 Å². The van der Waals surface area contributed by atoms with Crippen molar-refractivity contribution >= 4 is 46.4 Å². The van der Waals surface area contributed by atoms with Crippen molar-refractivity contribution in [3.63, 3.8) is 0 Å². The summed E-state index contributed by atoms with van der Waals surface area (Å²) < 4.78 is 48.5. The lowest BCUT2D eigenvalue weighted by atomic mass is 9.96. The second-order valence-electron chi connectivity index (χ2n) is 6.18. The highest BCUT2D eigenvalue weighted by molar-refractivity contribution is 6.55. The fraction of sp³-hybridized carbons (Fsp3) is 0.300. The molecule has 3 nitrogen and oxygen atoms in total. The highest BCUT2D eigenvalue weighted by atomic mass is 35.5. The van der Waals surface area contributed by atoms with Gasteiger partial charge in [0.1, 0.15) is 16.8 Å². The first-order valence-electron chi connectivity index (χ1n) is 8.70. The summed E-state index contributed by atoms with van der Waals surface area (Å²) in [5.41, 5.74) is -0.157. The summed E-state index contributed by atoms with van der Waals surface area (Å²) in [6, 6.07) is 5.36. The number of benzene rings is 1. The van der Waals surface area contributed by atoms with Crippen molar-refractivity contribution in [1.82, 2.24) is 4.98 Å². The fourth-order valence-electron chi connectivity index (χ4n) is 2.52. The van der Waals surface area contributed by atoms with Crippen molar-refractivity contribution in [2.45, 2.75) is 24.9 Å². The largest absolute Gasteiger partial charge is 0.489 e. The fourth-order valence-corrected chi connectivity index (χ4v) is 3.42. The molecule has 0 fully saturated rings. The SMILES string of the molecule is [CH2]C(CCCOc1ccc(C(F)(F)F)cn1)c1c(Cl)cc(OCC=C(Cl)Cl)cc1Cl. The van der Waals surface area contributed by atoms with Gasteiger partial charge in [-0.05, 0) is 55.5 Å². The predicted octanol–water partition coefficient (Wildman–Crippen LogP) is 7.88. The van der Waals surface area contributed by atoms with Crippen LogP contribution in [0.2, 0.25) is 10.0 Å². The summed E-state index contributed by atoms with van der Waals surface area (Å²) >= 11 is 23.7. The molecule has 1 aromatic heterocycles. The van der Waals surface area contributed by atoms with E-state index < -0.39 is 11.7 Å². The Balaban J connectivity index is 1.87. The normalized spacial score (nSPS) is 12.4. The van der Waals surface area contributed by atoms with Crippen molar-refractivity contribution in [2.24, 2.45) is 0 Å². The number of alkyl halides is 3. The summed E-state index contributed by atoms with van der Waals surface area (Å²) in [4.78, 5) is 3.66. The molecule has 0 bridgehead atoms. The maximum absolute atomic E-state index is 12.5. The Morgan fingerprint density at radius 1 is 1.13 bits per heavy atom. The zero-order valence-electron chi connectivity index (χ0n) is 15.5. The van der Waals surface area contributed by atoms with Crippen LogP contribution in [0.25, 0.3) is 0 Å². The smallest absolute Gasteiger partial charge is 0.417 e. The Bertz CT molecular complexity index is 846. The molecular formula is C20H17Cl4F3NO2. The number of hydrogen-bond acceptors (Lipinski definition) is 3. The van der Waals surface area contributed by atoms with Gasteiger partial charge in [0, 0.05) is 22.3 Å². The maximum Gasteiger partial charge on any atom is 0.417 e. The van der Waals surface area contributed by atoms with Crippen molar-refractivity contribution in [3.8, 4) is 11.6 Å². The Labute approximate surface area is 192 Å². The molecule has 0 saturated heterocycles. The van der Waals surface area contributed by atoms with Gasteiger partial charge in [0.05, 0.1) is 12.2 Å². The summed E-state index contributed by atoms with van der Waals surface area (Å²) in [6.07, 6.45) is -1.06. The molecule has 1 heterocycles. The van der Waals surface area contributed by atoms with E-state index in [0.29, 0.717) is 34.2 Å². The van der Waals surface area contributed by atoms with Gasteiger partial charge in [0.25, 0.3) is 0 Å². The third kappa shape index (κ3) is 7.73. The highest BCUT2D eigenvalue weighted by Crippen LogP contribution is 2.37. The van der Waals surface area contributed by atoms with Crippen LogP contribution in [0.1, 0.15) is 29.9 Å². The lowest BCUT2D eigenvalue weighted by molar-refractivity contribution is -0.137. The minimum Gasteiger partial charge on any atom is -0.489 e. The monoisotopic (exact) mass is 500 g/mol. The molecule has 1 unspecified atom stereocenters. The van der Waals surface area contributed by atoms with E-state index in [-0.39, 0.29) is 29.5 Å². The van der Waals surface area contributed by atoms with Gasteiger partial charge in [-0.1, -0.05) is 46.4 Å². The van der Waals surface area contributed by atoms with Gasteiger partial charge in [-0.2, -0.15) is 13.2 Å². The molecule has 163 valence electrons. The summed E-state index contributed by atoms with van der Waals surface area (Å²) in [5.74, 6) is 0.358. The van der Waals surface area contributed by atoms with E-state index in [9.17, 15) is 13.2 Å². The molecule has 1 aromatic carbocycles. The Kier molecular flexibility index (Phi) is 9.41. The first-order valence-corrected chi connectivity index (χ1v) is 10.2. The topological polar surface area (TPSA) is 31.4 Å². The zero-order chi connectivity index (χ0) is 22.3. The Hall–Kier alpha value is -1.34. The quantitative estimate of drug-likeness (QED) is 0.327. The van der Waals surface area contributed by atoms with E-state index in [2.05, 4.69) is 11.9 Å². The average molecular weight is 502 g/mol. The molecular weight excluding hydrogens is 485 g/mol. The lowest BCUT2D eigenvalue weighted by Crippen LogP contribution is -2.07. The number of halogens is 7. The van der Waals surface area contributed by atoms with Gasteiger partial charge in [-0.25, -0.2) is 4.98 Å². The van der Waals surface area contributed by atoms with Crippen molar-refractivity contribution in [3.05, 3.63) is 69.1 Å². The Morgan fingerprint density at radius 2 is 1.80 bits per heavy atom. The van der Waals surface area contributed by atoms with Crippen LogP contribution in [0, 0.1) is 6.92 Å². The molecule has 0 N–H and O–H groups in total. The third-order valence-corrected chi connectivity index (χ3v) is 4.89. The number of rotatable bonds is 9. The molecule has 10 heteroatoms. The van der Waals surface area contributed by atoms with Gasteiger partial charge in [0.2, 0.25) is 5.88 Å². The van der Waals surface area contributed by atoms with E-state index in [1.165, 1.54) is 12.1 Å².